The first kappa shape index (κ1) is 27.5. The molecule has 0 spiro atoms. The molecule has 2 aromatic heterocycles. The maximum absolute atomic E-state index is 13.6. The van der Waals surface area contributed by atoms with Gasteiger partial charge in [-0.25, -0.2) is 27.2 Å². The van der Waals surface area contributed by atoms with E-state index < -0.39 is 16.1 Å². The van der Waals surface area contributed by atoms with Crippen molar-refractivity contribution in [2.24, 2.45) is 0 Å². The summed E-state index contributed by atoms with van der Waals surface area (Å²) in [6.45, 7) is 1.60. The van der Waals surface area contributed by atoms with Crippen LogP contribution in [0.25, 0.3) is 22.2 Å². The zero-order valence-corrected chi connectivity index (χ0v) is 23.9. The van der Waals surface area contributed by atoms with Crippen LogP contribution in [-0.4, -0.2) is 69.7 Å². The minimum Gasteiger partial charge on any atom is -0.465 e. The van der Waals surface area contributed by atoms with Crippen LogP contribution in [-0.2, 0) is 10.0 Å². The minimum atomic E-state index is -3.85. The van der Waals surface area contributed by atoms with Gasteiger partial charge in [0.2, 0.25) is 5.95 Å². The first-order chi connectivity index (χ1) is 19.8. The summed E-state index contributed by atoms with van der Waals surface area (Å²) < 4.78 is 28.4. The Kier molecular flexibility index (Phi) is 7.58. The Bertz CT molecular complexity index is 1680. The van der Waals surface area contributed by atoms with Crippen LogP contribution in [0, 0.1) is 0 Å². The topological polar surface area (TPSA) is 129 Å². The summed E-state index contributed by atoms with van der Waals surface area (Å²) in [7, 11) is -3.85. The maximum atomic E-state index is 13.6. The molecule has 2 fully saturated rings. The highest BCUT2D eigenvalue weighted by Crippen LogP contribution is 2.36. The highest BCUT2D eigenvalue weighted by molar-refractivity contribution is 7.90. The van der Waals surface area contributed by atoms with Crippen LogP contribution in [0.2, 0.25) is 5.02 Å². The summed E-state index contributed by atoms with van der Waals surface area (Å²) in [5.41, 5.74) is 1.59. The molecule has 10 nitrogen and oxygen atoms in total. The Morgan fingerprint density at radius 2 is 1.80 bits per heavy atom. The van der Waals surface area contributed by atoms with Gasteiger partial charge in [-0.15, -0.1) is 0 Å². The Hall–Kier alpha value is -3.67. The lowest BCUT2D eigenvalue weighted by Gasteiger charge is -2.35. The van der Waals surface area contributed by atoms with E-state index in [9.17, 15) is 13.2 Å². The van der Waals surface area contributed by atoms with Crippen molar-refractivity contribution in [2.45, 2.75) is 55.1 Å². The number of carbonyl (C=O) groups is 1. The standard InChI is InChI=1S/C29H31ClN6O4S/c30-25-16-31-28(32-19-7-6-8-21(15-19)35-14-13-20(17-35)33-29(37)38)34-27(25)24-18-36(26-12-5-4-11-23(24)26)41(39,40)22-9-2-1-3-10-22/h1-5,9-12,16,18-21,33H,6-8,13-15,17H2,(H,37,38)(H,31,32,34)/t19-,20?,21+/m1/s1. The lowest BCUT2D eigenvalue weighted by Crippen LogP contribution is -2.43. The van der Waals surface area contributed by atoms with Crippen molar-refractivity contribution < 1.29 is 18.3 Å². The molecule has 3 heterocycles. The van der Waals surface area contributed by atoms with Crippen molar-refractivity contribution in [2.75, 3.05) is 18.4 Å². The lowest BCUT2D eigenvalue weighted by molar-refractivity contribution is 0.173. The summed E-state index contributed by atoms with van der Waals surface area (Å²) >= 11 is 6.61. The van der Waals surface area contributed by atoms with E-state index in [0.29, 0.717) is 33.8 Å². The quantitative estimate of drug-likeness (QED) is 0.271. The third-order valence-corrected chi connectivity index (χ3v) is 9.99. The van der Waals surface area contributed by atoms with E-state index in [-0.39, 0.29) is 17.0 Å². The number of fused-ring (bicyclic) bond motifs is 1. The smallest absolute Gasteiger partial charge is 0.404 e. The number of halogens is 1. The van der Waals surface area contributed by atoms with Crippen molar-refractivity contribution in [3.63, 3.8) is 0 Å². The predicted molar refractivity (Wildman–Crippen MR) is 158 cm³/mol. The second kappa shape index (κ2) is 11.3. The predicted octanol–water partition coefficient (Wildman–Crippen LogP) is 5.05. The Morgan fingerprint density at radius 3 is 2.61 bits per heavy atom. The molecule has 0 bridgehead atoms. The van der Waals surface area contributed by atoms with Crippen LogP contribution in [0.3, 0.4) is 0 Å². The lowest BCUT2D eigenvalue weighted by atomic mass is 9.90. The summed E-state index contributed by atoms with van der Waals surface area (Å²) in [6.07, 6.45) is 6.95. The zero-order chi connectivity index (χ0) is 28.6. The van der Waals surface area contributed by atoms with Crippen molar-refractivity contribution >= 4 is 44.6 Å². The van der Waals surface area contributed by atoms with Crippen LogP contribution in [0.15, 0.2) is 71.9 Å². The molecule has 6 rings (SSSR count). The molecule has 3 atom stereocenters. The Labute approximate surface area is 243 Å². The van der Waals surface area contributed by atoms with Crippen LogP contribution in [0.4, 0.5) is 10.7 Å². The molecule has 4 aromatic rings. The molecule has 1 saturated carbocycles. The number of nitrogens with one attached hydrogen (secondary N) is 2. The van der Waals surface area contributed by atoms with E-state index in [2.05, 4.69) is 20.5 Å². The minimum absolute atomic E-state index is 0.0316. The van der Waals surface area contributed by atoms with Gasteiger partial charge in [0.15, 0.2) is 0 Å². The number of hydrogen-bond acceptors (Lipinski definition) is 7. The summed E-state index contributed by atoms with van der Waals surface area (Å²) in [6, 6.07) is 16.1. The number of aromatic nitrogens is 3. The second-order valence-corrected chi connectivity index (χ2v) is 12.9. The van der Waals surface area contributed by atoms with Gasteiger partial charge in [-0.3, -0.25) is 4.90 Å². The SMILES string of the molecule is O=C(O)NC1CCN([C@H]2CCC[C@@H](Nc3ncc(Cl)c(-c4cn(S(=O)(=O)c5ccccc5)c5ccccc45)n3)C2)C1. The van der Waals surface area contributed by atoms with Gasteiger partial charge in [-0.05, 0) is 50.3 Å². The number of nitrogens with zero attached hydrogens (tertiary/aromatic N) is 4. The van der Waals surface area contributed by atoms with Gasteiger partial charge in [0.05, 0.1) is 27.3 Å². The number of hydrogen-bond donors (Lipinski definition) is 3. The first-order valence-corrected chi connectivity index (χ1v) is 15.5. The average Bonchev–Trinajstić information content (AvgIpc) is 3.60. The van der Waals surface area contributed by atoms with Crippen LogP contribution >= 0.6 is 11.6 Å². The van der Waals surface area contributed by atoms with Crippen molar-refractivity contribution in [1.82, 2.24) is 24.2 Å². The molecule has 3 N–H and O–H groups in total. The van der Waals surface area contributed by atoms with Gasteiger partial charge >= 0.3 is 6.09 Å². The molecule has 1 unspecified atom stereocenters. The van der Waals surface area contributed by atoms with Gasteiger partial charge in [-0.2, -0.15) is 0 Å². The molecule has 12 heteroatoms. The number of rotatable bonds is 7. The fourth-order valence-electron chi connectivity index (χ4n) is 6.09. The van der Waals surface area contributed by atoms with E-state index >= 15 is 0 Å². The van der Waals surface area contributed by atoms with Gasteiger partial charge in [0.25, 0.3) is 10.0 Å². The number of amides is 1. The van der Waals surface area contributed by atoms with Crippen LogP contribution in [0.1, 0.15) is 32.1 Å². The van der Waals surface area contributed by atoms with Crippen LogP contribution < -0.4 is 10.6 Å². The van der Waals surface area contributed by atoms with Gasteiger partial charge in [-0.1, -0.05) is 48.0 Å². The van der Waals surface area contributed by atoms with Crippen LogP contribution in [0.5, 0.6) is 0 Å². The second-order valence-electron chi connectivity index (χ2n) is 10.7. The monoisotopic (exact) mass is 594 g/mol. The van der Waals surface area contributed by atoms with Crippen molar-refractivity contribution in [3.05, 3.63) is 72.0 Å². The molecule has 2 aliphatic rings. The zero-order valence-electron chi connectivity index (χ0n) is 22.3. The molecular weight excluding hydrogens is 564 g/mol. The van der Waals surface area contributed by atoms with E-state index in [0.717, 1.165) is 50.6 Å². The summed E-state index contributed by atoms with van der Waals surface area (Å²) in [4.78, 5) is 22.8. The van der Waals surface area contributed by atoms with E-state index in [1.807, 2.05) is 12.1 Å². The third-order valence-electron chi connectivity index (χ3n) is 8.02. The number of benzene rings is 2. The van der Waals surface area contributed by atoms with Gasteiger partial charge < -0.3 is 15.7 Å². The van der Waals surface area contributed by atoms with Gasteiger partial charge in [0, 0.05) is 48.4 Å². The van der Waals surface area contributed by atoms with Crippen molar-refractivity contribution in [1.29, 1.82) is 0 Å². The number of para-hydroxylation sites is 1. The molecule has 1 aliphatic carbocycles. The molecule has 1 aliphatic heterocycles. The van der Waals surface area contributed by atoms with E-state index in [4.69, 9.17) is 21.7 Å². The molecule has 0 radical (unpaired) electrons. The summed E-state index contributed by atoms with van der Waals surface area (Å²) in [5.74, 6) is 0.435. The number of carboxylic acid groups (broad SMARTS) is 1. The van der Waals surface area contributed by atoms with Crippen molar-refractivity contribution in [3.8, 4) is 11.3 Å². The highest BCUT2D eigenvalue weighted by atomic mass is 35.5. The molecule has 214 valence electrons. The van der Waals surface area contributed by atoms with E-state index in [1.165, 1.54) is 3.97 Å². The Balaban J connectivity index is 1.26. The average molecular weight is 595 g/mol. The fourth-order valence-corrected chi connectivity index (χ4v) is 7.67. The fraction of sp³-hybridized carbons (Fsp3) is 0.345. The Morgan fingerprint density at radius 1 is 1.02 bits per heavy atom. The molecule has 41 heavy (non-hydrogen) atoms. The molecule has 1 amide bonds. The first-order valence-electron chi connectivity index (χ1n) is 13.7. The third kappa shape index (κ3) is 5.61. The summed E-state index contributed by atoms with van der Waals surface area (Å²) in [5, 5.41) is 16.2. The molecule has 1 saturated heterocycles. The maximum Gasteiger partial charge on any atom is 0.404 e. The molecule has 2 aromatic carbocycles. The van der Waals surface area contributed by atoms with Gasteiger partial charge in [0.1, 0.15) is 0 Å². The van der Waals surface area contributed by atoms with E-state index in [1.54, 1.807) is 54.9 Å². The largest absolute Gasteiger partial charge is 0.465 e. The number of anilines is 1. The number of likely N-dealkylation sites (tertiary alicyclic amines) is 1. The normalized spacial score (nSPS) is 21.6. The highest BCUT2D eigenvalue weighted by Gasteiger charge is 2.33. The molecular formula is C29H31ClN6O4S.